The third-order valence-corrected chi connectivity index (χ3v) is 6.81. The highest BCUT2D eigenvalue weighted by atomic mass is 16.5. The molecule has 1 spiro atoms. The second-order valence-corrected chi connectivity index (χ2v) is 8.96. The molecule has 8 nitrogen and oxygen atoms in total. The molecule has 37 heavy (non-hydrogen) atoms. The summed E-state index contributed by atoms with van der Waals surface area (Å²) in [5, 5.41) is 6.09. The maximum Gasteiger partial charge on any atom is 0.355 e. The summed E-state index contributed by atoms with van der Waals surface area (Å²) < 4.78 is 10.9. The Kier molecular flexibility index (Phi) is 7.76. The van der Waals surface area contributed by atoms with Gasteiger partial charge in [-0.2, -0.15) is 10.1 Å². The number of amides is 1. The molecule has 2 atom stereocenters. The van der Waals surface area contributed by atoms with Crippen LogP contribution in [0.2, 0.25) is 0 Å². The van der Waals surface area contributed by atoms with Crippen LogP contribution in [0.4, 0.5) is 5.69 Å². The largest absolute Gasteiger partial charge is 0.463 e. The van der Waals surface area contributed by atoms with E-state index in [9.17, 15) is 14.4 Å². The molecule has 0 bridgehead atoms. The van der Waals surface area contributed by atoms with Crippen LogP contribution < -0.4 is 5.01 Å². The first-order chi connectivity index (χ1) is 17.9. The first kappa shape index (κ1) is 26.1. The van der Waals surface area contributed by atoms with Crippen LogP contribution in [-0.4, -0.2) is 53.8 Å². The van der Waals surface area contributed by atoms with Crippen molar-refractivity contribution in [1.82, 2.24) is 4.90 Å². The van der Waals surface area contributed by atoms with Crippen molar-refractivity contribution in [2.75, 3.05) is 24.8 Å². The van der Waals surface area contributed by atoms with Gasteiger partial charge in [0, 0.05) is 6.54 Å². The third kappa shape index (κ3) is 4.30. The summed E-state index contributed by atoms with van der Waals surface area (Å²) in [6.45, 7) is 7.85. The maximum absolute atomic E-state index is 14.6. The van der Waals surface area contributed by atoms with Crippen molar-refractivity contribution in [3.63, 3.8) is 0 Å². The van der Waals surface area contributed by atoms with E-state index < -0.39 is 23.4 Å². The number of unbranched alkanes of at least 4 members (excludes halogenated alkanes) is 1. The zero-order valence-electron chi connectivity index (χ0n) is 21.8. The minimum Gasteiger partial charge on any atom is -0.463 e. The lowest BCUT2D eigenvalue weighted by Gasteiger charge is -2.40. The molecule has 0 saturated carbocycles. The molecule has 0 N–H and O–H groups in total. The molecule has 0 radical (unpaired) electrons. The van der Waals surface area contributed by atoms with Crippen LogP contribution in [0.1, 0.15) is 52.0 Å². The molecular weight excluding hydrogens is 470 g/mol. The molecule has 8 heteroatoms. The fourth-order valence-electron chi connectivity index (χ4n) is 5.30. The molecule has 2 aliphatic rings. The van der Waals surface area contributed by atoms with Crippen LogP contribution in [-0.2, 0) is 23.9 Å². The number of nitrogens with zero attached hydrogens (tertiary/aromatic N) is 3. The Balaban J connectivity index is 2.03. The lowest BCUT2D eigenvalue weighted by Crippen LogP contribution is -2.60. The van der Waals surface area contributed by atoms with E-state index in [0.29, 0.717) is 29.9 Å². The van der Waals surface area contributed by atoms with E-state index in [1.807, 2.05) is 67.6 Å². The van der Waals surface area contributed by atoms with Gasteiger partial charge in [-0.25, -0.2) is 9.59 Å². The molecule has 0 aromatic heterocycles. The van der Waals surface area contributed by atoms with Gasteiger partial charge in [0.25, 0.3) is 5.91 Å². The van der Waals surface area contributed by atoms with Gasteiger partial charge in [0.1, 0.15) is 5.70 Å². The number of rotatable bonds is 9. The Bertz CT molecular complexity index is 1220. The van der Waals surface area contributed by atoms with E-state index in [1.165, 1.54) is 5.01 Å². The van der Waals surface area contributed by atoms with Crippen molar-refractivity contribution in [2.24, 2.45) is 5.10 Å². The van der Waals surface area contributed by atoms with Gasteiger partial charge in [-0.1, -0.05) is 61.9 Å². The first-order valence-electron chi connectivity index (χ1n) is 12.8. The topological polar surface area (TPSA) is 88.5 Å². The number of hydrazone groups is 1. The number of hydrogen-bond acceptors (Lipinski definition) is 7. The van der Waals surface area contributed by atoms with Gasteiger partial charge in [-0.15, -0.1) is 0 Å². The van der Waals surface area contributed by atoms with Crippen LogP contribution in [0.25, 0.3) is 0 Å². The fraction of sp³-hybridized carbons (Fsp3) is 0.379. The Hall–Kier alpha value is -3.94. The van der Waals surface area contributed by atoms with E-state index in [2.05, 4.69) is 0 Å². The molecule has 0 fully saturated rings. The molecule has 2 aliphatic heterocycles. The van der Waals surface area contributed by atoms with Gasteiger partial charge in [0.2, 0.25) is 0 Å². The van der Waals surface area contributed by atoms with Gasteiger partial charge < -0.3 is 14.4 Å². The zero-order chi connectivity index (χ0) is 26.6. The van der Waals surface area contributed by atoms with Crippen LogP contribution in [0.3, 0.4) is 0 Å². The quantitative estimate of drug-likeness (QED) is 0.471. The van der Waals surface area contributed by atoms with Gasteiger partial charge in [-0.3, -0.25) is 4.79 Å². The van der Waals surface area contributed by atoms with E-state index in [4.69, 9.17) is 14.6 Å². The number of carbonyl (C=O) groups is 3. The summed E-state index contributed by atoms with van der Waals surface area (Å²) in [6.07, 6.45) is 1.51. The van der Waals surface area contributed by atoms with Gasteiger partial charge in [0.15, 0.2) is 5.54 Å². The molecule has 2 aromatic rings. The summed E-state index contributed by atoms with van der Waals surface area (Å²) >= 11 is 0. The smallest absolute Gasteiger partial charge is 0.355 e. The maximum atomic E-state index is 14.6. The molecule has 2 heterocycles. The van der Waals surface area contributed by atoms with Gasteiger partial charge >= 0.3 is 11.9 Å². The predicted molar refractivity (Wildman–Crippen MR) is 141 cm³/mol. The second kappa shape index (κ2) is 11.0. The zero-order valence-corrected chi connectivity index (χ0v) is 21.8. The number of esters is 2. The Morgan fingerprint density at radius 3 is 2.11 bits per heavy atom. The molecule has 0 saturated heterocycles. The minimum atomic E-state index is -1.43. The second-order valence-electron chi connectivity index (χ2n) is 8.96. The van der Waals surface area contributed by atoms with Crippen molar-refractivity contribution in [2.45, 2.75) is 52.0 Å². The average molecular weight is 504 g/mol. The first-order valence-corrected chi connectivity index (χ1v) is 12.8. The number of carbonyl (C=O) groups excluding carboxylic acids is 3. The highest BCUT2D eigenvalue weighted by Crippen LogP contribution is 2.53. The number of hydrogen-bond donors (Lipinski definition) is 0. The number of ether oxygens (including phenoxy) is 2. The Morgan fingerprint density at radius 2 is 1.51 bits per heavy atom. The molecule has 194 valence electrons. The monoisotopic (exact) mass is 503 g/mol. The molecular formula is C29H33N3O5. The highest BCUT2D eigenvalue weighted by molar-refractivity contribution is 6.26. The summed E-state index contributed by atoms with van der Waals surface area (Å²) in [6, 6.07) is 18.5. The van der Waals surface area contributed by atoms with E-state index in [1.54, 1.807) is 25.7 Å². The minimum absolute atomic E-state index is 0.0698. The number of anilines is 1. The molecule has 1 amide bonds. The van der Waals surface area contributed by atoms with Crippen molar-refractivity contribution >= 4 is 29.2 Å². The predicted octanol–water partition coefficient (Wildman–Crippen LogP) is 4.43. The van der Waals surface area contributed by atoms with Crippen molar-refractivity contribution in [3.8, 4) is 0 Å². The van der Waals surface area contributed by atoms with Crippen LogP contribution in [0, 0.1) is 0 Å². The molecule has 0 aliphatic carbocycles. The van der Waals surface area contributed by atoms with Gasteiger partial charge in [-0.05, 0) is 44.9 Å². The normalized spacial score (nSPS) is 21.0. The Labute approximate surface area is 217 Å². The fourth-order valence-corrected chi connectivity index (χ4v) is 5.30. The van der Waals surface area contributed by atoms with Gasteiger partial charge in [0.05, 0.1) is 36.1 Å². The van der Waals surface area contributed by atoms with Crippen LogP contribution in [0.5, 0.6) is 0 Å². The molecule has 2 aromatic carbocycles. The highest BCUT2D eigenvalue weighted by Gasteiger charge is 2.67. The van der Waals surface area contributed by atoms with E-state index in [-0.39, 0.29) is 30.4 Å². The Morgan fingerprint density at radius 1 is 0.919 bits per heavy atom. The summed E-state index contributed by atoms with van der Waals surface area (Å²) in [5.41, 5.74) is 0.571. The lowest BCUT2D eigenvalue weighted by atomic mass is 9.73. The van der Waals surface area contributed by atoms with E-state index >= 15 is 0 Å². The summed E-state index contributed by atoms with van der Waals surface area (Å²) in [4.78, 5) is 43.5. The standard InChI is InChI=1S/C29H33N3O5/c1-5-8-19-31-25(27(34)37-7-3)23(26(33)36-6-2)24(21-15-11-9-12-16-21)29(31)20(4)30-32(28(29)35)22-17-13-10-14-18-22/h9-18,24H,5-8,19H2,1-4H3. The molecule has 4 rings (SSSR count). The SMILES string of the molecule is CCCCN1C(C(=O)OCC)=C(C(=O)OCC)C(c2ccccc2)C12C(=O)N(c1ccccc1)N=C2C. The lowest BCUT2D eigenvalue weighted by molar-refractivity contribution is -0.143. The molecule has 2 unspecified atom stereocenters. The van der Waals surface area contributed by atoms with Crippen LogP contribution in [0.15, 0.2) is 77.0 Å². The van der Waals surface area contributed by atoms with Crippen molar-refractivity contribution in [1.29, 1.82) is 0 Å². The summed E-state index contributed by atoms with van der Waals surface area (Å²) in [5.74, 6) is -2.45. The summed E-state index contributed by atoms with van der Waals surface area (Å²) in [7, 11) is 0. The third-order valence-electron chi connectivity index (χ3n) is 6.81. The van der Waals surface area contributed by atoms with Crippen LogP contribution >= 0.6 is 0 Å². The average Bonchev–Trinajstić information content (AvgIpc) is 3.36. The number of benzene rings is 2. The van der Waals surface area contributed by atoms with E-state index in [0.717, 1.165) is 6.42 Å². The van der Waals surface area contributed by atoms with Crippen molar-refractivity contribution < 1.29 is 23.9 Å². The number of para-hydroxylation sites is 1. The van der Waals surface area contributed by atoms with Crippen molar-refractivity contribution in [3.05, 3.63) is 77.5 Å².